The number of hydrogen-bond donors (Lipinski definition) is 1. The van der Waals surface area contributed by atoms with E-state index in [1.54, 1.807) is 0 Å². The van der Waals surface area contributed by atoms with Crippen molar-refractivity contribution in [3.63, 3.8) is 0 Å². The quantitative estimate of drug-likeness (QED) is 0.612. The van der Waals surface area contributed by atoms with E-state index in [1.165, 1.54) is 20.9 Å². The number of anilines is 1. The number of ether oxygens (including phenoxy) is 1. The maximum Gasteiger partial charge on any atom is 0.335 e. The predicted molar refractivity (Wildman–Crippen MR) is 97.7 cm³/mol. The fourth-order valence-corrected chi connectivity index (χ4v) is 5.67. The molecule has 2 atom stereocenters. The van der Waals surface area contributed by atoms with Crippen LogP contribution >= 0.6 is 11.3 Å². The number of fused-ring (bicyclic) bond motifs is 6. The van der Waals surface area contributed by atoms with Crippen LogP contribution in [0.15, 0.2) is 48.5 Å². The summed E-state index contributed by atoms with van der Waals surface area (Å²) in [7, 11) is 0. The van der Waals surface area contributed by atoms with Gasteiger partial charge >= 0.3 is 5.13 Å². The van der Waals surface area contributed by atoms with Gasteiger partial charge in [-0.25, -0.2) is 4.57 Å². The Hall–Kier alpha value is -2.07. The largest absolute Gasteiger partial charge is 0.493 e. The topological polar surface area (TPSA) is 25.1 Å². The van der Waals surface area contributed by atoms with Gasteiger partial charge in [0.1, 0.15) is 22.8 Å². The van der Waals surface area contributed by atoms with E-state index in [9.17, 15) is 0 Å². The predicted octanol–water partition coefficient (Wildman–Crippen LogP) is 4.49. The SMILES string of the molecule is CC1(C)[C@H]2CCOc3ccccc3[C@H]2Nc2sc3ccccc3[n+]21. The Morgan fingerprint density at radius 2 is 1.92 bits per heavy atom. The van der Waals surface area contributed by atoms with Crippen molar-refractivity contribution in [1.82, 2.24) is 0 Å². The van der Waals surface area contributed by atoms with Crippen LogP contribution in [0.3, 0.4) is 0 Å². The summed E-state index contributed by atoms with van der Waals surface area (Å²) < 4.78 is 9.89. The van der Waals surface area contributed by atoms with Crippen molar-refractivity contribution >= 4 is 26.7 Å². The summed E-state index contributed by atoms with van der Waals surface area (Å²) >= 11 is 1.85. The molecule has 3 heterocycles. The number of rotatable bonds is 0. The Balaban J connectivity index is 1.75. The molecule has 0 bridgehead atoms. The van der Waals surface area contributed by atoms with E-state index in [1.807, 2.05) is 11.3 Å². The van der Waals surface area contributed by atoms with Crippen LogP contribution in [0.4, 0.5) is 5.13 Å². The van der Waals surface area contributed by atoms with Crippen molar-refractivity contribution in [3.05, 3.63) is 54.1 Å². The van der Waals surface area contributed by atoms with Crippen LogP contribution in [0.2, 0.25) is 0 Å². The standard InChI is InChI=1S/C20H20N2OS/c1-20(2)14-11-12-23-16-9-5-3-7-13(16)18(14)21-19-22(20)15-8-4-6-10-17(15)24-19/h3-10,14,18H,11-12H2,1-2H3/p+1/t14-,18+/m0/s1. The average Bonchev–Trinajstić information content (AvgIpc) is 2.85. The lowest BCUT2D eigenvalue weighted by atomic mass is 9.76. The maximum absolute atomic E-state index is 6.05. The highest BCUT2D eigenvalue weighted by Gasteiger charge is 2.51. The molecule has 1 N–H and O–H groups in total. The smallest absolute Gasteiger partial charge is 0.335 e. The van der Waals surface area contributed by atoms with Crippen molar-refractivity contribution in [2.45, 2.75) is 31.8 Å². The van der Waals surface area contributed by atoms with E-state index in [-0.39, 0.29) is 5.54 Å². The third-order valence-corrected chi connectivity index (χ3v) is 6.68. The second-order valence-electron chi connectivity index (χ2n) is 7.27. The van der Waals surface area contributed by atoms with Crippen LogP contribution in [0.1, 0.15) is 31.9 Å². The summed E-state index contributed by atoms with van der Waals surface area (Å²) in [5.41, 5.74) is 2.65. The van der Waals surface area contributed by atoms with Gasteiger partial charge in [0.15, 0.2) is 0 Å². The van der Waals surface area contributed by atoms with Crippen molar-refractivity contribution < 1.29 is 9.30 Å². The molecule has 5 rings (SSSR count). The van der Waals surface area contributed by atoms with E-state index in [2.05, 4.69) is 72.3 Å². The summed E-state index contributed by atoms with van der Waals surface area (Å²) in [5, 5.41) is 5.09. The minimum absolute atomic E-state index is 0.0334. The first kappa shape index (κ1) is 14.3. The Morgan fingerprint density at radius 1 is 1.12 bits per heavy atom. The molecule has 0 saturated carbocycles. The van der Waals surface area contributed by atoms with Crippen molar-refractivity contribution in [1.29, 1.82) is 0 Å². The van der Waals surface area contributed by atoms with Gasteiger partial charge in [-0.05, 0) is 49.8 Å². The molecule has 0 radical (unpaired) electrons. The lowest BCUT2D eigenvalue weighted by molar-refractivity contribution is -0.733. The zero-order valence-electron chi connectivity index (χ0n) is 14.0. The minimum Gasteiger partial charge on any atom is -0.493 e. The molecule has 0 spiro atoms. The van der Waals surface area contributed by atoms with Crippen LogP contribution in [0, 0.1) is 5.92 Å². The van der Waals surface area contributed by atoms with Gasteiger partial charge in [-0.1, -0.05) is 30.3 Å². The second-order valence-corrected chi connectivity index (χ2v) is 8.30. The van der Waals surface area contributed by atoms with Crippen LogP contribution in [-0.2, 0) is 5.54 Å². The van der Waals surface area contributed by atoms with E-state index in [0.717, 1.165) is 18.8 Å². The summed E-state index contributed by atoms with van der Waals surface area (Å²) in [5.74, 6) is 1.51. The number of hydrogen-bond acceptors (Lipinski definition) is 3. The summed E-state index contributed by atoms with van der Waals surface area (Å²) in [4.78, 5) is 0. The molecule has 2 aromatic carbocycles. The Labute approximate surface area is 145 Å². The first-order valence-electron chi connectivity index (χ1n) is 8.58. The van der Waals surface area contributed by atoms with Gasteiger partial charge in [0, 0.05) is 5.56 Å². The molecular formula is C20H21N2OS+. The Morgan fingerprint density at radius 3 is 2.83 bits per heavy atom. The van der Waals surface area contributed by atoms with Gasteiger partial charge in [0.05, 0.1) is 17.2 Å². The number of thiazole rings is 1. The molecule has 4 heteroatoms. The zero-order valence-corrected chi connectivity index (χ0v) is 14.8. The van der Waals surface area contributed by atoms with Gasteiger partial charge < -0.3 is 4.74 Å². The van der Waals surface area contributed by atoms with Gasteiger partial charge in [0.2, 0.25) is 0 Å². The fraction of sp³-hybridized carbons (Fsp3) is 0.350. The number of nitrogens with zero attached hydrogens (tertiary/aromatic N) is 1. The number of nitrogens with one attached hydrogen (secondary N) is 1. The molecule has 3 nitrogen and oxygen atoms in total. The summed E-state index contributed by atoms with van der Waals surface area (Å²) in [6, 6.07) is 17.5. The first-order chi connectivity index (χ1) is 11.7. The fourth-order valence-electron chi connectivity index (χ4n) is 4.44. The third-order valence-electron chi connectivity index (χ3n) is 5.62. The minimum atomic E-state index is 0.0334. The number of benzene rings is 2. The average molecular weight is 337 g/mol. The molecule has 0 amide bonds. The Bertz CT molecular complexity index is 930. The third kappa shape index (κ3) is 1.86. The summed E-state index contributed by atoms with van der Waals surface area (Å²) in [6.07, 6.45) is 1.05. The normalized spacial score (nSPS) is 24.1. The molecule has 0 unspecified atom stereocenters. The summed E-state index contributed by atoms with van der Waals surface area (Å²) in [6.45, 7) is 5.53. The first-order valence-corrected chi connectivity index (χ1v) is 9.40. The second kappa shape index (κ2) is 4.96. The molecule has 1 aromatic heterocycles. The van der Waals surface area contributed by atoms with Crippen LogP contribution in [-0.4, -0.2) is 6.61 Å². The lowest BCUT2D eigenvalue weighted by Crippen LogP contribution is -2.62. The molecule has 0 saturated heterocycles. The zero-order chi connectivity index (χ0) is 16.3. The van der Waals surface area contributed by atoms with Crippen molar-refractivity contribution in [3.8, 4) is 5.75 Å². The molecular weight excluding hydrogens is 316 g/mol. The van der Waals surface area contributed by atoms with Gasteiger partial charge in [-0.2, -0.15) is 0 Å². The molecule has 0 aliphatic carbocycles. The van der Waals surface area contributed by atoms with E-state index >= 15 is 0 Å². The number of aromatic nitrogens is 1. The highest BCUT2D eigenvalue weighted by molar-refractivity contribution is 7.21. The van der Waals surface area contributed by atoms with E-state index < -0.39 is 0 Å². The van der Waals surface area contributed by atoms with Crippen LogP contribution in [0.5, 0.6) is 5.75 Å². The molecule has 122 valence electrons. The highest BCUT2D eigenvalue weighted by Crippen LogP contribution is 2.47. The highest BCUT2D eigenvalue weighted by atomic mass is 32.1. The van der Waals surface area contributed by atoms with Gasteiger partial charge in [0.25, 0.3) is 0 Å². The van der Waals surface area contributed by atoms with Crippen molar-refractivity contribution in [2.24, 2.45) is 5.92 Å². The molecule has 2 aliphatic heterocycles. The molecule has 3 aromatic rings. The van der Waals surface area contributed by atoms with E-state index in [4.69, 9.17) is 4.74 Å². The molecule has 0 fully saturated rings. The van der Waals surface area contributed by atoms with Crippen molar-refractivity contribution in [2.75, 3.05) is 11.9 Å². The molecule has 24 heavy (non-hydrogen) atoms. The monoisotopic (exact) mass is 337 g/mol. The Kier molecular flexibility index (Phi) is 2.95. The lowest BCUT2D eigenvalue weighted by Gasteiger charge is -2.39. The van der Waals surface area contributed by atoms with Crippen LogP contribution < -0.4 is 14.6 Å². The van der Waals surface area contributed by atoms with Gasteiger partial charge in [-0.3, -0.25) is 5.32 Å². The van der Waals surface area contributed by atoms with Gasteiger partial charge in [-0.15, -0.1) is 0 Å². The molecule has 2 aliphatic rings. The maximum atomic E-state index is 6.05. The number of para-hydroxylation sites is 2. The van der Waals surface area contributed by atoms with Crippen LogP contribution in [0.25, 0.3) is 10.2 Å². The van der Waals surface area contributed by atoms with E-state index in [0.29, 0.717) is 12.0 Å².